The van der Waals surface area contributed by atoms with Gasteiger partial charge in [0.05, 0.1) is 18.4 Å². The van der Waals surface area contributed by atoms with Gasteiger partial charge >= 0.3 is 5.97 Å². The lowest BCUT2D eigenvalue weighted by Gasteiger charge is -2.05. The first kappa shape index (κ1) is 21.4. The SMILES string of the molecule is COC(=O)c1ccc(NC(=O)CSc2nnc(NC(=O)c3cccc(F)c3)s2)cc1. The smallest absolute Gasteiger partial charge is 0.337 e. The van der Waals surface area contributed by atoms with Crippen LogP contribution in [0.5, 0.6) is 0 Å². The highest BCUT2D eigenvalue weighted by Gasteiger charge is 2.13. The number of aromatic nitrogens is 2. The van der Waals surface area contributed by atoms with Crippen molar-refractivity contribution in [2.45, 2.75) is 4.34 Å². The van der Waals surface area contributed by atoms with E-state index >= 15 is 0 Å². The molecule has 1 heterocycles. The average molecular weight is 446 g/mol. The summed E-state index contributed by atoms with van der Waals surface area (Å²) in [7, 11) is 1.29. The van der Waals surface area contributed by atoms with Crippen LogP contribution in [-0.4, -0.2) is 40.8 Å². The van der Waals surface area contributed by atoms with Gasteiger partial charge < -0.3 is 10.1 Å². The summed E-state index contributed by atoms with van der Waals surface area (Å²) in [6.45, 7) is 0. The molecule has 0 aliphatic carbocycles. The molecule has 30 heavy (non-hydrogen) atoms. The van der Waals surface area contributed by atoms with Crippen molar-refractivity contribution < 1.29 is 23.5 Å². The molecule has 8 nitrogen and oxygen atoms in total. The molecule has 3 rings (SSSR count). The fourth-order valence-corrected chi connectivity index (χ4v) is 3.80. The monoisotopic (exact) mass is 446 g/mol. The van der Waals surface area contributed by atoms with Crippen LogP contribution in [0.2, 0.25) is 0 Å². The van der Waals surface area contributed by atoms with E-state index in [1.54, 1.807) is 24.3 Å². The van der Waals surface area contributed by atoms with Gasteiger partial charge in [-0.3, -0.25) is 14.9 Å². The van der Waals surface area contributed by atoms with Gasteiger partial charge in [0.2, 0.25) is 11.0 Å². The van der Waals surface area contributed by atoms with Crippen LogP contribution in [0.1, 0.15) is 20.7 Å². The largest absolute Gasteiger partial charge is 0.465 e. The summed E-state index contributed by atoms with van der Waals surface area (Å²) in [6.07, 6.45) is 0. The van der Waals surface area contributed by atoms with E-state index in [4.69, 9.17) is 0 Å². The molecule has 0 saturated heterocycles. The molecule has 0 aliphatic rings. The number of nitrogens with zero attached hydrogens (tertiary/aromatic N) is 2. The third-order valence-corrected chi connectivity index (χ3v) is 5.60. The van der Waals surface area contributed by atoms with Gasteiger partial charge in [-0.05, 0) is 42.5 Å². The Morgan fingerprint density at radius 1 is 1.07 bits per heavy atom. The molecular weight excluding hydrogens is 431 g/mol. The Hall–Kier alpha value is -3.31. The Bertz CT molecular complexity index is 1070. The van der Waals surface area contributed by atoms with E-state index in [1.165, 1.54) is 25.3 Å². The number of hydrogen-bond acceptors (Lipinski definition) is 8. The van der Waals surface area contributed by atoms with E-state index in [-0.39, 0.29) is 22.4 Å². The van der Waals surface area contributed by atoms with Gasteiger partial charge in [-0.2, -0.15) is 0 Å². The molecular formula is C19H15FN4O4S2. The molecule has 3 aromatic rings. The predicted molar refractivity (Wildman–Crippen MR) is 111 cm³/mol. The van der Waals surface area contributed by atoms with Gasteiger partial charge in [0.15, 0.2) is 4.34 Å². The first-order valence-electron chi connectivity index (χ1n) is 8.46. The second-order valence-electron chi connectivity index (χ2n) is 5.74. The van der Waals surface area contributed by atoms with Gasteiger partial charge in [0.25, 0.3) is 5.91 Å². The molecule has 154 valence electrons. The molecule has 11 heteroatoms. The van der Waals surface area contributed by atoms with Gasteiger partial charge in [-0.1, -0.05) is 29.2 Å². The number of hydrogen-bond donors (Lipinski definition) is 2. The Morgan fingerprint density at radius 2 is 1.83 bits per heavy atom. The number of esters is 1. The van der Waals surface area contributed by atoms with Crippen LogP contribution in [0.4, 0.5) is 15.2 Å². The number of carbonyl (C=O) groups is 3. The predicted octanol–water partition coefficient (Wildman–Crippen LogP) is 3.45. The Kier molecular flexibility index (Phi) is 7.09. The number of methoxy groups -OCH3 is 1. The van der Waals surface area contributed by atoms with Crippen molar-refractivity contribution >= 4 is 51.7 Å². The number of carbonyl (C=O) groups excluding carboxylic acids is 3. The minimum Gasteiger partial charge on any atom is -0.465 e. The summed E-state index contributed by atoms with van der Waals surface area (Å²) in [6, 6.07) is 11.6. The highest BCUT2D eigenvalue weighted by molar-refractivity contribution is 8.01. The molecule has 0 atom stereocenters. The maximum Gasteiger partial charge on any atom is 0.337 e. The molecule has 0 spiro atoms. The topological polar surface area (TPSA) is 110 Å². The zero-order valence-corrected chi connectivity index (χ0v) is 17.2. The summed E-state index contributed by atoms with van der Waals surface area (Å²) < 4.78 is 18.3. The summed E-state index contributed by atoms with van der Waals surface area (Å²) in [5, 5.41) is 13.2. The molecule has 0 unspecified atom stereocenters. The number of amides is 2. The third-order valence-electron chi connectivity index (χ3n) is 3.63. The van der Waals surface area contributed by atoms with E-state index in [2.05, 4.69) is 25.6 Å². The number of ether oxygens (including phenoxy) is 1. The molecule has 2 aromatic carbocycles. The van der Waals surface area contributed by atoms with Crippen LogP contribution in [0.3, 0.4) is 0 Å². The molecule has 0 radical (unpaired) electrons. The Labute approximate surface area is 178 Å². The van der Waals surface area contributed by atoms with Crippen LogP contribution in [-0.2, 0) is 9.53 Å². The minimum absolute atomic E-state index is 0.0746. The lowest BCUT2D eigenvalue weighted by molar-refractivity contribution is -0.113. The number of benzene rings is 2. The summed E-state index contributed by atoms with van der Waals surface area (Å²) >= 11 is 2.25. The molecule has 1 aromatic heterocycles. The molecule has 2 amide bonds. The van der Waals surface area contributed by atoms with Crippen LogP contribution >= 0.6 is 23.1 Å². The Morgan fingerprint density at radius 3 is 2.53 bits per heavy atom. The summed E-state index contributed by atoms with van der Waals surface area (Å²) in [4.78, 5) is 35.6. The summed E-state index contributed by atoms with van der Waals surface area (Å²) in [5.74, 6) is -1.67. The Balaban J connectivity index is 1.49. The van der Waals surface area contributed by atoms with Crippen LogP contribution < -0.4 is 10.6 Å². The molecule has 0 fully saturated rings. The third kappa shape index (κ3) is 5.84. The average Bonchev–Trinajstić information content (AvgIpc) is 3.19. The maximum atomic E-state index is 13.2. The molecule has 0 saturated carbocycles. The van der Waals surface area contributed by atoms with Crippen molar-refractivity contribution in [2.75, 3.05) is 23.5 Å². The van der Waals surface area contributed by atoms with Crippen molar-refractivity contribution in [3.63, 3.8) is 0 Å². The quantitative estimate of drug-likeness (QED) is 0.325. The second kappa shape index (κ2) is 9.94. The van der Waals surface area contributed by atoms with Crippen LogP contribution in [0, 0.1) is 5.82 Å². The van der Waals surface area contributed by atoms with Crippen molar-refractivity contribution in [1.82, 2.24) is 10.2 Å². The number of thioether (sulfide) groups is 1. The van der Waals surface area contributed by atoms with Crippen LogP contribution in [0.25, 0.3) is 0 Å². The van der Waals surface area contributed by atoms with E-state index < -0.39 is 17.7 Å². The molecule has 2 N–H and O–H groups in total. The lowest BCUT2D eigenvalue weighted by atomic mass is 10.2. The second-order valence-corrected chi connectivity index (χ2v) is 7.94. The van der Waals surface area contributed by atoms with Crippen molar-refractivity contribution in [3.05, 3.63) is 65.5 Å². The van der Waals surface area contributed by atoms with E-state index in [0.717, 1.165) is 29.2 Å². The zero-order valence-electron chi connectivity index (χ0n) is 15.5. The number of anilines is 2. The van der Waals surface area contributed by atoms with Gasteiger partial charge in [0, 0.05) is 11.3 Å². The fraction of sp³-hybridized carbons (Fsp3) is 0.105. The summed E-state index contributed by atoms with van der Waals surface area (Å²) in [5.41, 5.74) is 1.08. The van der Waals surface area contributed by atoms with Crippen molar-refractivity contribution in [2.24, 2.45) is 0 Å². The normalized spacial score (nSPS) is 10.3. The standard InChI is InChI=1S/C19H15FN4O4S2/c1-28-17(27)11-5-7-14(8-6-11)21-15(25)10-29-19-24-23-18(30-19)22-16(26)12-3-2-4-13(20)9-12/h2-9H,10H2,1H3,(H,21,25)(H,22,23,26). The highest BCUT2D eigenvalue weighted by atomic mass is 32.2. The van der Waals surface area contributed by atoms with E-state index in [1.807, 2.05) is 0 Å². The minimum atomic E-state index is -0.512. The zero-order chi connectivity index (χ0) is 21.5. The maximum absolute atomic E-state index is 13.2. The van der Waals surface area contributed by atoms with Crippen molar-refractivity contribution in [3.8, 4) is 0 Å². The fourth-order valence-electron chi connectivity index (χ4n) is 2.25. The molecule has 0 aliphatic heterocycles. The van der Waals surface area contributed by atoms with Gasteiger partial charge in [-0.25, -0.2) is 9.18 Å². The number of rotatable bonds is 7. The number of halogens is 1. The van der Waals surface area contributed by atoms with Gasteiger partial charge in [-0.15, -0.1) is 10.2 Å². The highest BCUT2D eigenvalue weighted by Crippen LogP contribution is 2.26. The first-order valence-corrected chi connectivity index (χ1v) is 10.3. The first-order chi connectivity index (χ1) is 14.4. The van der Waals surface area contributed by atoms with E-state index in [0.29, 0.717) is 15.6 Å². The van der Waals surface area contributed by atoms with Crippen LogP contribution in [0.15, 0.2) is 52.9 Å². The number of nitrogens with one attached hydrogen (secondary N) is 2. The van der Waals surface area contributed by atoms with E-state index in [9.17, 15) is 18.8 Å². The van der Waals surface area contributed by atoms with Gasteiger partial charge in [0.1, 0.15) is 5.82 Å². The van der Waals surface area contributed by atoms with Crippen molar-refractivity contribution in [1.29, 1.82) is 0 Å². The molecule has 0 bridgehead atoms. The lowest BCUT2D eigenvalue weighted by Crippen LogP contribution is -2.14.